The van der Waals surface area contributed by atoms with Crippen LogP contribution < -0.4 is 9.61 Å². The SMILES string of the molecule is Cc1cc(C)cc(O[P@@](C)(=O)Nc2cc(C)ccc2C)c1. The fourth-order valence-corrected chi connectivity index (χ4v) is 3.52. The lowest BCUT2D eigenvalue weighted by molar-refractivity contribution is 0.493. The first-order chi connectivity index (χ1) is 9.75. The molecule has 112 valence electrons. The summed E-state index contributed by atoms with van der Waals surface area (Å²) in [6, 6.07) is 11.9. The van der Waals surface area contributed by atoms with E-state index in [0.29, 0.717) is 5.75 Å². The Balaban J connectivity index is 2.22. The highest BCUT2D eigenvalue weighted by molar-refractivity contribution is 7.60. The van der Waals surface area contributed by atoms with E-state index in [1.165, 1.54) is 0 Å². The molecule has 0 saturated carbocycles. The van der Waals surface area contributed by atoms with Gasteiger partial charge in [-0.1, -0.05) is 18.2 Å². The molecule has 0 spiro atoms. The van der Waals surface area contributed by atoms with E-state index in [4.69, 9.17) is 4.52 Å². The van der Waals surface area contributed by atoms with E-state index < -0.39 is 7.52 Å². The summed E-state index contributed by atoms with van der Waals surface area (Å²) >= 11 is 0. The Morgan fingerprint density at radius 2 is 1.52 bits per heavy atom. The standard InChI is InChI=1S/C17H22NO2P/c1-12-6-7-15(4)17(11-12)18-21(5,19)20-16-9-13(2)8-14(3)10-16/h6-11H,1-5H3,(H,18,19)/t21-/m1/s1. The van der Waals surface area contributed by atoms with E-state index in [9.17, 15) is 4.57 Å². The molecule has 1 atom stereocenters. The number of nitrogens with one attached hydrogen (secondary N) is 1. The van der Waals surface area contributed by atoms with Crippen molar-refractivity contribution < 1.29 is 9.09 Å². The number of aryl methyl sites for hydroxylation is 4. The quantitative estimate of drug-likeness (QED) is 0.785. The maximum absolute atomic E-state index is 12.7. The van der Waals surface area contributed by atoms with Crippen LogP contribution in [0.15, 0.2) is 36.4 Å². The average Bonchev–Trinajstić information content (AvgIpc) is 2.31. The van der Waals surface area contributed by atoms with Crippen LogP contribution in [0.1, 0.15) is 22.3 Å². The number of anilines is 1. The van der Waals surface area contributed by atoms with Gasteiger partial charge in [0.25, 0.3) is 0 Å². The molecule has 0 aliphatic heterocycles. The molecular formula is C17H22NO2P. The Morgan fingerprint density at radius 3 is 2.14 bits per heavy atom. The molecule has 3 nitrogen and oxygen atoms in total. The molecule has 0 aromatic heterocycles. The van der Waals surface area contributed by atoms with Crippen molar-refractivity contribution in [3.8, 4) is 5.75 Å². The first-order valence-corrected chi connectivity index (χ1v) is 9.03. The third kappa shape index (κ3) is 4.37. The van der Waals surface area contributed by atoms with Crippen LogP contribution in [0, 0.1) is 27.7 Å². The minimum absolute atomic E-state index is 0.635. The van der Waals surface area contributed by atoms with Crippen molar-refractivity contribution in [2.24, 2.45) is 0 Å². The largest absolute Gasteiger partial charge is 0.429 e. The van der Waals surface area contributed by atoms with Crippen molar-refractivity contribution in [3.63, 3.8) is 0 Å². The summed E-state index contributed by atoms with van der Waals surface area (Å²) in [6.45, 7) is 9.60. The Labute approximate surface area is 126 Å². The first kappa shape index (κ1) is 15.7. The smallest absolute Gasteiger partial charge is 0.338 e. The van der Waals surface area contributed by atoms with E-state index in [1.807, 2.05) is 58.0 Å². The maximum atomic E-state index is 12.7. The van der Waals surface area contributed by atoms with Crippen molar-refractivity contribution in [2.45, 2.75) is 27.7 Å². The van der Waals surface area contributed by atoms with Crippen LogP contribution in [0.5, 0.6) is 5.75 Å². The number of benzene rings is 2. The Hall–Kier alpha value is -1.73. The minimum Gasteiger partial charge on any atom is -0.429 e. The molecule has 0 heterocycles. The molecule has 0 amide bonds. The summed E-state index contributed by atoms with van der Waals surface area (Å²) in [6.07, 6.45) is 0. The summed E-state index contributed by atoms with van der Waals surface area (Å²) < 4.78 is 18.4. The number of rotatable bonds is 4. The molecule has 0 aliphatic rings. The number of hydrogen-bond acceptors (Lipinski definition) is 2. The molecule has 1 N–H and O–H groups in total. The molecule has 0 aliphatic carbocycles. The molecule has 0 unspecified atom stereocenters. The molecular weight excluding hydrogens is 281 g/mol. The average molecular weight is 303 g/mol. The highest BCUT2D eigenvalue weighted by atomic mass is 31.2. The summed E-state index contributed by atoms with van der Waals surface area (Å²) in [5.74, 6) is 0.635. The predicted molar refractivity (Wildman–Crippen MR) is 89.6 cm³/mol. The molecule has 2 aromatic carbocycles. The normalized spacial score (nSPS) is 13.6. The van der Waals surface area contributed by atoms with Crippen LogP contribution in [0.25, 0.3) is 0 Å². The van der Waals surface area contributed by atoms with Crippen molar-refractivity contribution in [1.29, 1.82) is 0 Å². The first-order valence-electron chi connectivity index (χ1n) is 6.96. The Bertz CT molecular complexity index is 690. The second-order valence-electron chi connectivity index (χ2n) is 5.69. The third-order valence-corrected chi connectivity index (χ3v) is 4.40. The van der Waals surface area contributed by atoms with Gasteiger partial charge in [-0.15, -0.1) is 0 Å². The zero-order valence-corrected chi connectivity index (χ0v) is 14.1. The minimum atomic E-state index is -2.97. The van der Waals surface area contributed by atoms with Crippen LogP contribution in [-0.2, 0) is 4.57 Å². The lowest BCUT2D eigenvalue weighted by atomic mass is 10.1. The van der Waals surface area contributed by atoms with Gasteiger partial charge >= 0.3 is 7.52 Å². The van der Waals surface area contributed by atoms with E-state index in [0.717, 1.165) is 27.9 Å². The van der Waals surface area contributed by atoms with Gasteiger partial charge in [-0.2, -0.15) is 0 Å². The van der Waals surface area contributed by atoms with Gasteiger partial charge in [-0.25, -0.2) is 0 Å². The van der Waals surface area contributed by atoms with Crippen molar-refractivity contribution >= 4 is 13.2 Å². The van der Waals surface area contributed by atoms with Crippen molar-refractivity contribution in [1.82, 2.24) is 0 Å². The molecule has 21 heavy (non-hydrogen) atoms. The zero-order valence-electron chi connectivity index (χ0n) is 13.2. The zero-order chi connectivity index (χ0) is 15.6. The lowest BCUT2D eigenvalue weighted by Crippen LogP contribution is -2.04. The van der Waals surface area contributed by atoms with Crippen LogP contribution in [0.4, 0.5) is 5.69 Å². The molecule has 0 saturated heterocycles. The number of hydrogen-bond donors (Lipinski definition) is 1. The van der Waals surface area contributed by atoms with Gasteiger partial charge < -0.3 is 9.61 Å². The van der Waals surface area contributed by atoms with E-state index in [2.05, 4.69) is 11.2 Å². The van der Waals surface area contributed by atoms with Crippen molar-refractivity contribution in [2.75, 3.05) is 11.8 Å². The third-order valence-electron chi connectivity index (χ3n) is 3.19. The fourth-order valence-electron chi connectivity index (χ4n) is 2.28. The van der Waals surface area contributed by atoms with Gasteiger partial charge in [0.1, 0.15) is 5.75 Å². The van der Waals surface area contributed by atoms with Gasteiger partial charge in [0.2, 0.25) is 0 Å². The van der Waals surface area contributed by atoms with Crippen LogP contribution in [0.2, 0.25) is 0 Å². The molecule has 0 bridgehead atoms. The second-order valence-corrected chi connectivity index (χ2v) is 7.79. The molecule has 2 rings (SSSR count). The van der Waals surface area contributed by atoms with Gasteiger partial charge in [0.15, 0.2) is 0 Å². The predicted octanol–water partition coefficient (Wildman–Crippen LogP) is 5.23. The highest BCUT2D eigenvalue weighted by Crippen LogP contribution is 2.44. The van der Waals surface area contributed by atoms with E-state index >= 15 is 0 Å². The molecule has 4 heteroatoms. The fraction of sp³-hybridized carbons (Fsp3) is 0.294. The Kier molecular flexibility index (Phi) is 4.43. The van der Waals surface area contributed by atoms with Crippen molar-refractivity contribution in [3.05, 3.63) is 58.7 Å². The van der Waals surface area contributed by atoms with Gasteiger partial charge in [-0.3, -0.25) is 4.57 Å². The highest BCUT2D eigenvalue weighted by Gasteiger charge is 2.18. The molecule has 2 aromatic rings. The second kappa shape index (κ2) is 5.95. The van der Waals surface area contributed by atoms with Gasteiger partial charge in [0, 0.05) is 12.4 Å². The van der Waals surface area contributed by atoms with Gasteiger partial charge in [0.05, 0.1) is 0 Å². The lowest BCUT2D eigenvalue weighted by Gasteiger charge is -2.19. The monoisotopic (exact) mass is 303 g/mol. The van der Waals surface area contributed by atoms with Crippen LogP contribution >= 0.6 is 7.52 Å². The molecule has 0 fully saturated rings. The van der Waals surface area contributed by atoms with E-state index in [-0.39, 0.29) is 0 Å². The van der Waals surface area contributed by atoms with Crippen LogP contribution in [0.3, 0.4) is 0 Å². The Morgan fingerprint density at radius 1 is 0.905 bits per heavy atom. The summed E-state index contributed by atoms with van der Waals surface area (Å²) in [7, 11) is -2.97. The summed E-state index contributed by atoms with van der Waals surface area (Å²) in [5.41, 5.74) is 5.21. The topological polar surface area (TPSA) is 38.3 Å². The maximum Gasteiger partial charge on any atom is 0.338 e. The molecule has 0 radical (unpaired) electrons. The van der Waals surface area contributed by atoms with Crippen LogP contribution in [-0.4, -0.2) is 6.66 Å². The van der Waals surface area contributed by atoms with Gasteiger partial charge in [-0.05, 0) is 68.1 Å². The van der Waals surface area contributed by atoms with E-state index in [1.54, 1.807) is 6.66 Å². The summed E-state index contributed by atoms with van der Waals surface area (Å²) in [4.78, 5) is 0. The summed E-state index contributed by atoms with van der Waals surface area (Å²) in [5, 5.41) is 3.05.